The van der Waals surface area contributed by atoms with E-state index < -0.39 is 0 Å². The molecule has 1 aromatic heterocycles. The second-order valence-electron chi connectivity index (χ2n) is 4.43. The fraction of sp³-hybridized carbons (Fsp3) is 0.250. The van der Waals surface area contributed by atoms with Crippen molar-refractivity contribution in [3.63, 3.8) is 0 Å². The number of aryl methyl sites for hydroxylation is 1. The van der Waals surface area contributed by atoms with Crippen LogP contribution >= 0.6 is 22.9 Å². The number of halogens is 1. The van der Waals surface area contributed by atoms with Gasteiger partial charge in [0, 0.05) is 11.1 Å². The van der Waals surface area contributed by atoms with Crippen molar-refractivity contribution in [2.75, 3.05) is 13.7 Å². The fourth-order valence-corrected chi connectivity index (χ4v) is 2.98. The summed E-state index contributed by atoms with van der Waals surface area (Å²) in [6, 6.07) is 5.71. The predicted octanol–water partition coefficient (Wildman–Crippen LogP) is 4.58. The van der Waals surface area contributed by atoms with Crippen LogP contribution in [0.4, 0.5) is 0 Å². The fourth-order valence-electron chi connectivity index (χ4n) is 1.92. The van der Waals surface area contributed by atoms with E-state index in [4.69, 9.17) is 21.1 Å². The Hall–Kier alpha value is -2.03. The highest BCUT2D eigenvalue weighted by atomic mass is 35.5. The molecule has 2 aromatic rings. The van der Waals surface area contributed by atoms with E-state index in [1.54, 1.807) is 18.2 Å². The highest BCUT2D eigenvalue weighted by molar-refractivity contribution is 7.11. The van der Waals surface area contributed by atoms with Gasteiger partial charge >= 0.3 is 0 Å². The van der Waals surface area contributed by atoms with Crippen LogP contribution in [0.2, 0.25) is 5.02 Å². The van der Waals surface area contributed by atoms with Crippen LogP contribution in [0.5, 0.6) is 11.5 Å². The molecular weight excluding hydrogens is 320 g/mol. The lowest BCUT2D eigenvalue weighted by molar-refractivity contribution is 0.311. The number of aromatic nitrogens is 1. The van der Waals surface area contributed by atoms with E-state index in [0.717, 1.165) is 11.3 Å². The number of nitriles is 1. The molecule has 0 saturated heterocycles. The highest BCUT2D eigenvalue weighted by Crippen LogP contribution is 2.37. The van der Waals surface area contributed by atoms with Crippen molar-refractivity contribution in [3.8, 4) is 17.6 Å². The monoisotopic (exact) mass is 334 g/mol. The van der Waals surface area contributed by atoms with Gasteiger partial charge in [-0.2, -0.15) is 5.26 Å². The van der Waals surface area contributed by atoms with E-state index >= 15 is 0 Å². The van der Waals surface area contributed by atoms with Gasteiger partial charge in [0.1, 0.15) is 11.1 Å². The SMILES string of the molecule is CCOc1cc(/C=C(/C#N)c2nc(C)cs2)cc(Cl)c1OC. The van der Waals surface area contributed by atoms with Crippen LogP contribution in [0.1, 0.15) is 23.2 Å². The third kappa shape index (κ3) is 3.59. The molecule has 0 bridgehead atoms. The molecule has 2 rings (SSSR count). The summed E-state index contributed by atoms with van der Waals surface area (Å²) in [5, 5.41) is 12.4. The predicted molar refractivity (Wildman–Crippen MR) is 89.5 cm³/mol. The highest BCUT2D eigenvalue weighted by Gasteiger charge is 2.12. The van der Waals surface area contributed by atoms with Crippen molar-refractivity contribution in [1.29, 1.82) is 5.26 Å². The van der Waals surface area contributed by atoms with Crippen LogP contribution < -0.4 is 9.47 Å². The number of methoxy groups -OCH3 is 1. The molecule has 0 unspecified atom stereocenters. The van der Waals surface area contributed by atoms with E-state index in [1.807, 2.05) is 19.2 Å². The number of hydrogen-bond donors (Lipinski definition) is 0. The van der Waals surface area contributed by atoms with Gasteiger partial charge in [-0.1, -0.05) is 11.6 Å². The standard InChI is InChI=1S/C16H15ClN2O2S/c1-4-21-14-7-11(6-13(17)15(14)20-3)5-12(8-18)16-19-10(2)9-22-16/h5-7,9H,4H2,1-3H3/b12-5-. The van der Waals surface area contributed by atoms with Gasteiger partial charge in [0.15, 0.2) is 11.5 Å². The topological polar surface area (TPSA) is 55.1 Å². The minimum Gasteiger partial charge on any atom is -0.491 e. The largest absolute Gasteiger partial charge is 0.491 e. The normalized spacial score (nSPS) is 11.1. The number of benzene rings is 1. The molecule has 0 atom stereocenters. The number of allylic oxidation sites excluding steroid dienone is 1. The molecule has 4 nitrogen and oxygen atoms in total. The van der Waals surface area contributed by atoms with Gasteiger partial charge in [0.05, 0.1) is 24.3 Å². The second-order valence-corrected chi connectivity index (χ2v) is 5.70. The molecule has 0 radical (unpaired) electrons. The van der Waals surface area contributed by atoms with Crippen molar-refractivity contribution in [1.82, 2.24) is 4.98 Å². The molecule has 0 N–H and O–H groups in total. The van der Waals surface area contributed by atoms with Crippen molar-refractivity contribution >= 4 is 34.6 Å². The molecule has 114 valence electrons. The summed E-state index contributed by atoms with van der Waals surface area (Å²) in [6.45, 7) is 4.28. The molecule has 22 heavy (non-hydrogen) atoms. The Balaban J connectivity index is 2.47. The Morgan fingerprint density at radius 1 is 1.50 bits per heavy atom. The summed E-state index contributed by atoms with van der Waals surface area (Å²) in [7, 11) is 1.54. The Morgan fingerprint density at radius 2 is 2.27 bits per heavy atom. The Morgan fingerprint density at radius 3 is 2.82 bits per heavy atom. The second kappa shape index (κ2) is 7.30. The molecule has 0 fully saturated rings. The minimum absolute atomic E-state index is 0.437. The van der Waals surface area contributed by atoms with Gasteiger partial charge in [-0.15, -0.1) is 11.3 Å². The van der Waals surface area contributed by atoms with Crippen molar-refractivity contribution < 1.29 is 9.47 Å². The van der Waals surface area contributed by atoms with Gasteiger partial charge < -0.3 is 9.47 Å². The summed E-state index contributed by atoms with van der Waals surface area (Å²) in [6.07, 6.45) is 1.74. The average molecular weight is 335 g/mol. The van der Waals surface area contributed by atoms with E-state index in [2.05, 4.69) is 11.1 Å². The van der Waals surface area contributed by atoms with Crippen molar-refractivity contribution in [2.45, 2.75) is 13.8 Å². The van der Waals surface area contributed by atoms with E-state index in [-0.39, 0.29) is 0 Å². The lowest BCUT2D eigenvalue weighted by atomic mass is 10.1. The maximum Gasteiger partial charge on any atom is 0.179 e. The first kappa shape index (κ1) is 16.3. The molecule has 0 aliphatic heterocycles. The van der Waals surface area contributed by atoms with E-state index in [0.29, 0.717) is 33.7 Å². The Kier molecular flexibility index (Phi) is 5.42. The molecule has 0 aliphatic rings. The lowest BCUT2D eigenvalue weighted by Crippen LogP contribution is -1.96. The summed E-state index contributed by atoms with van der Waals surface area (Å²) in [5.74, 6) is 1.04. The maximum atomic E-state index is 9.35. The summed E-state index contributed by atoms with van der Waals surface area (Å²) >= 11 is 7.65. The maximum absolute atomic E-state index is 9.35. The summed E-state index contributed by atoms with van der Waals surface area (Å²) < 4.78 is 10.8. The molecule has 0 spiro atoms. The first-order valence-corrected chi connectivity index (χ1v) is 7.89. The molecule has 1 heterocycles. The summed E-state index contributed by atoms with van der Waals surface area (Å²) in [5.41, 5.74) is 2.14. The smallest absolute Gasteiger partial charge is 0.179 e. The number of thiazole rings is 1. The zero-order chi connectivity index (χ0) is 16.1. The van der Waals surface area contributed by atoms with Gasteiger partial charge in [-0.3, -0.25) is 0 Å². The van der Waals surface area contributed by atoms with Gasteiger partial charge in [0.25, 0.3) is 0 Å². The van der Waals surface area contributed by atoms with Crippen LogP contribution in [0.15, 0.2) is 17.5 Å². The van der Waals surface area contributed by atoms with Crippen molar-refractivity contribution in [3.05, 3.63) is 38.8 Å². The lowest BCUT2D eigenvalue weighted by Gasteiger charge is -2.11. The number of ether oxygens (including phenoxy) is 2. The Bertz CT molecular complexity index is 747. The third-order valence-corrected chi connectivity index (χ3v) is 4.09. The first-order chi connectivity index (χ1) is 10.6. The van der Waals surface area contributed by atoms with Gasteiger partial charge in [0.2, 0.25) is 0 Å². The molecule has 0 amide bonds. The number of hydrogen-bond acceptors (Lipinski definition) is 5. The zero-order valence-electron chi connectivity index (χ0n) is 12.5. The number of nitrogens with zero attached hydrogens (tertiary/aromatic N) is 2. The van der Waals surface area contributed by atoms with Crippen LogP contribution in [-0.4, -0.2) is 18.7 Å². The van der Waals surface area contributed by atoms with Crippen LogP contribution in [0.3, 0.4) is 0 Å². The zero-order valence-corrected chi connectivity index (χ0v) is 14.1. The first-order valence-electron chi connectivity index (χ1n) is 6.63. The van der Waals surface area contributed by atoms with E-state index in [9.17, 15) is 5.26 Å². The third-order valence-electron chi connectivity index (χ3n) is 2.82. The van der Waals surface area contributed by atoms with E-state index in [1.165, 1.54) is 18.4 Å². The average Bonchev–Trinajstić information content (AvgIpc) is 2.91. The quantitative estimate of drug-likeness (QED) is 0.751. The molecular formula is C16H15ClN2O2S. The van der Waals surface area contributed by atoms with Crippen LogP contribution in [0, 0.1) is 18.3 Å². The van der Waals surface area contributed by atoms with Gasteiger partial charge in [-0.25, -0.2) is 4.98 Å². The molecule has 0 aliphatic carbocycles. The van der Waals surface area contributed by atoms with Crippen LogP contribution in [0.25, 0.3) is 11.6 Å². The summed E-state index contributed by atoms with van der Waals surface area (Å²) in [4.78, 5) is 4.33. The van der Waals surface area contributed by atoms with Crippen LogP contribution in [-0.2, 0) is 0 Å². The van der Waals surface area contributed by atoms with Crippen molar-refractivity contribution in [2.24, 2.45) is 0 Å². The molecule has 6 heteroatoms. The number of rotatable bonds is 5. The van der Waals surface area contributed by atoms with Gasteiger partial charge in [-0.05, 0) is 37.6 Å². The molecule has 1 aromatic carbocycles. The minimum atomic E-state index is 0.437. The Labute approximate surface area is 138 Å². The molecule has 0 saturated carbocycles.